The van der Waals surface area contributed by atoms with E-state index in [0.717, 1.165) is 0 Å². The number of fused-ring (bicyclic) bond motifs is 1. The number of carbonyl (C=O) groups excluding carboxylic acids is 2. The van der Waals surface area contributed by atoms with Crippen LogP contribution in [0.25, 0.3) is 0 Å². The van der Waals surface area contributed by atoms with Gasteiger partial charge >= 0.3 is 5.97 Å². The van der Waals surface area contributed by atoms with Crippen LogP contribution in [-0.2, 0) is 14.4 Å². The van der Waals surface area contributed by atoms with Crippen molar-refractivity contribution >= 4 is 29.5 Å². The molecule has 0 aliphatic carbocycles. The monoisotopic (exact) mass is 348 g/mol. The Bertz CT molecular complexity index is 733. The van der Waals surface area contributed by atoms with Gasteiger partial charge in [0.05, 0.1) is 0 Å². The zero-order valence-corrected chi connectivity index (χ0v) is 13.6. The number of carboxylic acid groups (broad SMARTS) is 1. The summed E-state index contributed by atoms with van der Waals surface area (Å²) >= 11 is 1.39. The normalized spacial score (nSPS) is 24.1. The molecular weight excluding hydrogens is 332 g/mol. The number of β-lactam (4-membered cyclic amide) rings is 1. The van der Waals surface area contributed by atoms with Crippen LogP contribution in [0.2, 0.25) is 0 Å². The summed E-state index contributed by atoms with van der Waals surface area (Å²) in [5, 5.41) is 21.4. The number of benzene rings is 1. The molecule has 0 saturated carbocycles. The van der Waals surface area contributed by atoms with E-state index in [4.69, 9.17) is 0 Å². The molecule has 2 heterocycles. The molecule has 0 aromatic heterocycles. The van der Waals surface area contributed by atoms with E-state index >= 15 is 0 Å². The van der Waals surface area contributed by atoms with Gasteiger partial charge in [-0.25, -0.2) is 4.79 Å². The molecule has 8 heteroatoms. The number of aliphatic hydroxyl groups is 1. The molecule has 0 bridgehead atoms. The molecule has 0 spiro atoms. The molecule has 126 valence electrons. The average molecular weight is 348 g/mol. The maximum absolute atomic E-state index is 12.3. The summed E-state index contributed by atoms with van der Waals surface area (Å²) in [6.07, 6.45) is -1.38. The lowest BCUT2D eigenvalue weighted by Crippen LogP contribution is -2.70. The highest BCUT2D eigenvalue weighted by molar-refractivity contribution is 8.00. The fraction of sp³-hybridized carbons (Fsp3) is 0.312. The van der Waals surface area contributed by atoms with E-state index in [-0.39, 0.29) is 5.70 Å². The molecular formula is C16H16N2O5S. The number of carboxylic acids is 1. The molecule has 0 radical (unpaired) electrons. The van der Waals surface area contributed by atoms with Gasteiger partial charge in [-0.1, -0.05) is 30.3 Å². The van der Waals surface area contributed by atoms with Crippen LogP contribution in [0.5, 0.6) is 0 Å². The van der Waals surface area contributed by atoms with Crippen LogP contribution < -0.4 is 5.32 Å². The number of aliphatic carboxylic acids is 1. The van der Waals surface area contributed by atoms with Crippen molar-refractivity contribution < 1.29 is 24.6 Å². The first-order valence-electron chi connectivity index (χ1n) is 7.33. The predicted octanol–water partition coefficient (Wildman–Crippen LogP) is 0.479. The number of rotatable bonds is 4. The molecule has 2 aliphatic rings. The Labute approximate surface area is 142 Å². The van der Waals surface area contributed by atoms with Gasteiger partial charge in [0.15, 0.2) is 6.10 Å². The van der Waals surface area contributed by atoms with Crippen molar-refractivity contribution in [2.45, 2.75) is 24.4 Å². The van der Waals surface area contributed by atoms with E-state index in [2.05, 4.69) is 5.32 Å². The van der Waals surface area contributed by atoms with Gasteiger partial charge < -0.3 is 15.5 Å². The minimum absolute atomic E-state index is 0.0159. The van der Waals surface area contributed by atoms with Crippen molar-refractivity contribution in [3.8, 4) is 0 Å². The molecule has 3 rings (SSSR count). The van der Waals surface area contributed by atoms with Gasteiger partial charge in [0.2, 0.25) is 0 Å². The number of carbonyl (C=O) groups is 3. The topological polar surface area (TPSA) is 107 Å². The van der Waals surface area contributed by atoms with Crippen LogP contribution >= 0.6 is 11.8 Å². The second-order valence-electron chi connectivity index (χ2n) is 5.64. The summed E-state index contributed by atoms with van der Waals surface area (Å²) in [6.45, 7) is 1.67. The molecule has 1 saturated heterocycles. The van der Waals surface area contributed by atoms with Gasteiger partial charge in [0.25, 0.3) is 11.8 Å². The fourth-order valence-electron chi connectivity index (χ4n) is 2.79. The lowest BCUT2D eigenvalue weighted by atomic mass is 10.0. The van der Waals surface area contributed by atoms with E-state index < -0.39 is 35.3 Å². The third-order valence-electron chi connectivity index (χ3n) is 4.02. The Morgan fingerprint density at radius 2 is 2.00 bits per heavy atom. The van der Waals surface area contributed by atoms with Crippen molar-refractivity contribution in [1.29, 1.82) is 0 Å². The van der Waals surface area contributed by atoms with Crippen LogP contribution in [0.15, 0.2) is 41.6 Å². The molecule has 2 aliphatic heterocycles. The second kappa shape index (κ2) is 6.29. The molecule has 1 aromatic rings. The lowest BCUT2D eigenvalue weighted by Gasteiger charge is -2.49. The van der Waals surface area contributed by atoms with Crippen LogP contribution in [0.4, 0.5) is 0 Å². The maximum Gasteiger partial charge on any atom is 0.352 e. The molecule has 3 N–H and O–H groups in total. The quantitative estimate of drug-likeness (QED) is 0.683. The van der Waals surface area contributed by atoms with E-state index in [1.807, 2.05) is 0 Å². The highest BCUT2D eigenvalue weighted by atomic mass is 32.2. The molecule has 24 heavy (non-hydrogen) atoms. The summed E-state index contributed by atoms with van der Waals surface area (Å²) < 4.78 is 0. The third kappa shape index (κ3) is 2.67. The van der Waals surface area contributed by atoms with Gasteiger partial charge in [-0.3, -0.25) is 14.5 Å². The van der Waals surface area contributed by atoms with Gasteiger partial charge in [-0.15, -0.1) is 11.8 Å². The molecule has 2 amide bonds. The highest BCUT2D eigenvalue weighted by Crippen LogP contribution is 2.40. The summed E-state index contributed by atoms with van der Waals surface area (Å²) in [5.41, 5.74) is 1.03. The fourth-order valence-corrected chi connectivity index (χ4v) is 4.09. The standard InChI is InChI=1S/C16H16N2O5S/c1-8-7-24-15-10(14(21)18(15)11(8)16(22)23)17-13(20)12(19)9-5-3-2-4-6-9/h2-6,10,12,15,19H,7H2,1H3,(H,17,20)(H,22,23)/t10-,12?,15-/m1/s1. The number of amides is 2. The van der Waals surface area contributed by atoms with E-state index in [0.29, 0.717) is 16.9 Å². The Morgan fingerprint density at radius 1 is 1.33 bits per heavy atom. The van der Waals surface area contributed by atoms with Crippen LogP contribution in [0.1, 0.15) is 18.6 Å². The number of aliphatic hydroxyl groups excluding tert-OH is 1. The van der Waals surface area contributed by atoms with E-state index in [9.17, 15) is 24.6 Å². The smallest absolute Gasteiger partial charge is 0.352 e. The number of hydrogen-bond donors (Lipinski definition) is 3. The van der Waals surface area contributed by atoms with Crippen molar-refractivity contribution in [2.75, 3.05) is 5.75 Å². The third-order valence-corrected chi connectivity index (χ3v) is 5.45. The van der Waals surface area contributed by atoms with Gasteiger partial charge in [0.1, 0.15) is 17.1 Å². The Hall–Kier alpha value is -2.32. The van der Waals surface area contributed by atoms with E-state index in [1.54, 1.807) is 37.3 Å². The molecule has 1 aromatic carbocycles. The lowest BCUT2D eigenvalue weighted by molar-refractivity contribution is -0.151. The highest BCUT2D eigenvalue weighted by Gasteiger charge is 2.53. The van der Waals surface area contributed by atoms with Crippen molar-refractivity contribution in [2.24, 2.45) is 0 Å². The average Bonchev–Trinajstić information content (AvgIpc) is 2.59. The minimum Gasteiger partial charge on any atom is -0.477 e. The van der Waals surface area contributed by atoms with Crippen molar-refractivity contribution in [3.63, 3.8) is 0 Å². The largest absolute Gasteiger partial charge is 0.477 e. The zero-order valence-electron chi connectivity index (χ0n) is 12.8. The summed E-state index contributed by atoms with van der Waals surface area (Å²) in [5.74, 6) is -1.83. The Morgan fingerprint density at radius 3 is 2.62 bits per heavy atom. The van der Waals surface area contributed by atoms with E-state index in [1.165, 1.54) is 16.7 Å². The predicted molar refractivity (Wildman–Crippen MR) is 86.8 cm³/mol. The Balaban J connectivity index is 1.71. The Kier molecular flexibility index (Phi) is 4.33. The first-order valence-corrected chi connectivity index (χ1v) is 8.37. The van der Waals surface area contributed by atoms with Crippen LogP contribution in [0, 0.1) is 0 Å². The number of hydrogen-bond acceptors (Lipinski definition) is 5. The first kappa shape index (κ1) is 16.5. The summed E-state index contributed by atoms with van der Waals surface area (Å²) in [6, 6.07) is 7.56. The molecule has 3 atom stereocenters. The van der Waals surface area contributed by atoms with Gasteiger partial charge in [-0.2, -0.15) is 0 Å². The minimum atomic E-state index is -1.38. The van der Waals surface area contributed by atoms with Crippen LogP contribution in [0.3, 0.4) is 0 Å². The maximum atomic E-state index is 12.3. The SMILES string of the molecule is CC1=C(C(=O)O)N2C(=O)[C@@H](NC(=O)C(O)c3ccccc3)[C@H]2SC1. The molecule has 1 fully saturated rings. The zero-order chi connectivity index (χ0) is 17.4. The number of thioether (sulfide) groups is 1. The summed E-state index contributed by atoms with van der Waals surface area (Å²) in [4.78, 5) is 37.0. The number of nitrogens with zero attached hydrogens (tertiary/aromatic N) is 1. The van der Waals surface area contributed by atoms with Crippen LogP contribution in [-0.4, -0.2) is 50.1 Å². The van der Waals surface area contributed by atoms with Crippen molar-refractivity contribution in [1.82, 2.24) is 10.2 Å². The van der Waals surface area contributed by atoms with Crippen molar-refractivity contribution in [3.05, 3.63) is 47.2 Å². The first-order chi connectivity index (χ1) is 11.4. The van der Waals surface area contributed by atoms with Gasteiger partial charge in [-0.05, 0) is 18.1 Å². The number of nitrogens with one attached hydrogen (secondary N) is 1. The van der Waals surface area contributed by atoms with Gasteiger partial charge in [0, 0.05) is 5.75 Å². The molecule has 1 unspecified atom stereocenters. The second-order valence-corrected chi connectivity index (χ2v) is 6.75. The summed E-state index contributed by atoms with van der Waals surface area (Å²) in [7, 11) is 0. The molecule has 7 nitrogen and oxygen atoms in total.